The quantitative estimate of drug-likeness (QED) is 0.160. The molecule has 4 aromatic carbocycles. The summed E-state index contributed by atoms with van der Waals surface area (Å²) in [7, 11) is 0. The van der Waals surface area contributed by atoms with E-state index in [2.05, 4.69) is 0 Å². The molecule has 0 aliphatic carbocycles. The number of hydrogen-bond acceptors (Lipinski definition) is 6. The first-order valence-corrected chi connectivity index (χ1v) is 15.5. The van der Waals surface area contributed by atoms with Crippen molar-refractivity contribution in [3.8, 4) is 0 Å². The van der Waals surface area contributed by atoms with E-state index >= 15 is 0 Å². The third kappa shape index (κ3) is 5.32. The summed E-state index contributed by atoms with van der Waals surface area (Å²) < 4.78 is 5.73. The number of rotatable bonds is 10. The van der Waals surface area contributed by atoms with Crippen molar-refractivity contribution in [3.63, 3.8) is 0 Å². The molecule has 216 valence electrons. The molecule has 42 heavy (non-hydrogen) atoms. The number of nitrogens with zero attached hydrogens (tertiary/aromatic N) is 2. The van der Waals surface area contributed by atoms with Crippen molar-refractivity contribution in [2.24, 2.45) is 0 Å². The molecule has 2 aliphatic rings. The van der Waals surface area contributed by atoms with Gasteiger partial charge in [0, 0.05) is 46.4 Å². The summed E-state index contributed by atoms with van der Waals surface area (Å²) in [4.78, 5) is 54.8. The Balaban J connectivity index is 0.00000173. The van der Waals surface area contributed by atoms with Crippen LogP contribution in [0.25, 0.3) is 21.5 Å². The summed E-state index contributed by atoms with van der Waals surface area (Å²) >= 11 is 1.66. The van der Waals surface area contributed by atoms with E-state index in [0.29, 0.717) is 41.2 Å². The molecule has 8 heteroatoms. The van der Waals surface area contributed by atoms with Gasteiger partial charge in [0.25, 0.3) is 23.6 Å². The van der Waals surface area contributed by atoms with Gasteiger partial charge in [0.05, 0.1) is 18.7 Å². The van der Waals surface area contributed by atoms with Crippen LogP contribution in [-0.2, 0) is 4.74 Å². The van der Waals surface area contributed by atoms with Crippen LogP contribution in [0.5, 0.6) is 0 Å². The average Bonchev–Trinajstić information content (AvgIpc) is 3.01. The van der Waals surface area contributed by atoms with E-state index < -0.39 is 0 Å². The largest absolute Gasteiger partial charge is 0.380 e. The van der Waals surface area contributed by atoms with Crippen LogP contribution >= 0.6 is 11.8 Å². The lowest BCUT2D eigenvalue weighted by Crippen LogP contribution is -2.42. The van der Waals surface area contributed by atoms with Gasteiger partial charge in [-0.25, -0.2) is 0 Å². The van der Waals surface area contributed by atoms with E-state index in [1.54, 1.807) is 30.0 Å². The molecule has 4 aromatic rings. The predicted octanol–water partition coefficient (Wildman–Crippen LogP) is 6.36. The standard InChI is InChI=1S/C32H28N2O5S.C2H6/c1-20-12-13-22-8-4-11-25-28(22)26(20)32(38)34(31(25)37)15-19-40-18-5-16-39-17-14-33-29(35)23-9-2-6-21-7-3-10-24(27(21)23)30(33)36;1-2/h2-4,6-13H,5,14-19H2,1H3;1-2H3. The SMILES string of the molecule is CC.Cc1ccc2cccc3c2c1C(=O)N(CCSCCCOCCN1C(=O)c2cccc4cccc(c24)C1=O)C3=O. The Morgan fingerprint density at radius 1 is 0.619 bits per heavy atom. The number of ether oxygens (including phenoxy) is 1. The second-order valence-electron chi connectivity index (χ2n) is 9.97. The van der Waals surface area contributed by atoms with Gasteiger partial charge in [-0.05, 0) is 53.6 Å². The van der Waals surface area contributed by atoms with Gasteiger partial charge in [-0.2, -0.15) is 11.8 Å². The van der Waals surface area contributed by atoms with Gasteiger partial charge in [0.2, 0.25) is 0 Å². The Morgan fingerprint density at radius 2 is 1.17 bits per heavy atom. The summed E-state index contributed by atoms with van der Waals surface area (Å²) in [5.41, 5.74) is 3.17. The zero-order chi connectivity index (χ0) is 29.8. The number of thioether (sulfide) groups is 1. The van der Waals surface area contributed by atoms with Crippen LogP contribution in [-0.4, -0.2) is 71.2 Å². The van der Waals surface area contributed by atoms with Crippen LogP contribution in [0.15, 0.2) is 66.7 Å². The molecule has 0 unspecified atom stereocenters. The zero-order valence-corrected chi connectivity index (χ0v) is 25.0. The van der Waals surface area contributed by atoms with Gasteiger partial charge < -0.3 is 4.74 Å². The lowest BCUT2D eigenvalue weighted by atomic mass is 9.91. The van der Waals surface area contributed by atoms with Crippen molar-refractivity contribution in [2.45, 2.75) is 27.2 Å². The highest BCUT2D eigenvalue weighted by atomic mass is 32.2. The molecule has 0 aromatic heterocycles. The van der Waals surface area contributed by atoms with Crippen molar-refractivity contribution >= 4 is 56.9 Å². The van der Waals surface area contributed by atoms with Gasteiger partial charge in [-0.3, -0.25) is 29.0 Å². The average molecular weight is 583 g/mol. The maximum atomic E-state index is 13.2. The number of aryl methyl sites for hydroxylation is 1. The molecule has 2 heterocycles. The monoisotopic (exact) mass is 582 g/mol. The normalized spacial score (nSPS) is 14.1. The van der Waals surface area contributed by atoms with Crippen molar-refractivity contribution < 1.29 is 23.9 Å². The first-order valence-electron chi connectivity index (χ1n) is 14.4. The third-order valence-corrected chi connectivity index (χ3v) is 8.59. The fourth-order valence-electron chi connectivity index (χ4n) is 5.58. The molecule has 0 radical (unpaired) electrons. The number of amides is 4. The summed E-state index contributed by atoms with van der Waals surface area (Å²) in [6.07, 6.45) is 0.776. The van der Waals surface area contributed by atoms with Gasteiger partial charge in [0.15, 0.2) is 0 Å². The van der Waals surface area contributed by atoms with E-state index in [4.69, 9.17) is 4.74 Å². The van der Waals surface area contributed by atoms with Crippen LogP contribution in [0.3, 0.4) is 0 Å². The molecule has 0 bridgehead atoms. The van der Waals surface area contributed by atoms with E-state index in [9.17, 15) is 19.2 Å². The molecule has 4 amide bonds. The van der Waals surface area contributed by atoms with Crippen LogP contribution in [0.1, 0.15) is 67.3 Å². The highest BCUT2D eigenvalue weighted by Gasteiger charge is 2.34. The van der Waals surface area contributed by atoms with E-state index in [-0.39, 0.29) is 36.8 Å². The predicted molar refractivity (Wildman–Crippen MR) is 167 cm³/mol. The second kappa shape index (κ2) is 12.9. The summed E-state index contributed by atoms with van der Waals surface area (Å²) in [6, 6.07) is 20.5. The van der Waals surface area contributed by atoms with Gasteiger partial charge in [-0.1, -0.05) is 62.4 Å². The number of imide groups is 2. The fraction of sp³-hybridized carbons (Fsp3) is 0.294. The van der Waals surface area contributed by atoms with Crippen molar-refractivity contribution in [2.75, 3.05) is 37.8 Å². The second-order valence-corrected chi connectivity index (χ2v) is 11.2. The molecule has 7 nitrogen and oxygen atoms in total. The lowest BCUT2D eigenvalue weighted by Gasteiger charge is -2.28. The van der Waals surface area contributed by atoms with Gasteiger partial charge >= 0.3 is 0 Å². The Labute approximate surface area is 249 Å². The first-order chi connectivity index (χ1) is 20.5. The van der Waals surface area contributed by atoms with E-state index in [1.165, 1.54) is 9.80 Å². The van der Waals surface area contributed by atoms with Gasteiger partial charge in [-0.15, -0.1) is 0 Å². The van der Waals surface area contributed by atoms with Crippen LogP contribution in [0, 0.1) is 6.92 Å². The van der Waals surface area contributed by atoms with Crippen molar-refractivity contribution in [1.29, 1.82) is 0 Å². The number of hydrogen-bond donors (Lipinski definition) is 0. The highest BCUT2D eigenvalue weighted by molar-refractivity contribution is 7.99. The molecule has 0 N–H and O–H groups in total. The zero-order valence-electron chi connectivity index (χ0n) is 24.1. The van der Waals surface area contributed by atoms with Crippen LogP contribution < -0.4 is 0 Å². The van der Waals surface area contributed by atoms with Crippen molar-refractivity contribution in [1.82, 2.24) is 9.80 Å². The molecular formula is C34H34N2O5S. The Bertz CT molecular complexity index is 1650. The summed E-state index contributed by atoms with van der Waals surface area (Å²) in [5.74, 6) is 0.401. The van der Waals surface area contributed by atoms with Crippen LogP contribution in [0.2, 0.25) is 0 Å². The summed E-state index contributed by atoms with van der Waals surface area (Å²) in [6.45, 7) is 7.21. The Morgan fingerprint density at radius 3 is 1.79 bits per heavy atom. The molecule has 6 rings (SSSR count). The molecule has 0 spiro atoms. The van der Waals surface area contributed by atoms with E-state index in [0.717, 1.165) is 39.3 Å². The maximum absolute atomic E-state index is 13.2. The van der Waals surface area contributed by atoms with Crippen molar-refractivity contribution in [3.05, 3.63) is 94.5 Å². The smallest absolute Gasteiger partial charge is 0.261 e. The topological polar surface area (TPSA) is 84.0 Å². The van der Waals surface area contributed by atoms with Gasteiger partial charge in [0.1, 0.15) is 0 Å². The number of benzene rings is 4. The Kier molecular flexibility index (Phi) is 9.04. The number of carbonyl (C=O) groups excluding carboxylic acids is 4. The number of carbonyl (C=O) groups is 4. The highest BCUT2D eigenvalue weighted by Crippen LogP contribution is 2.32. The van der Waals surface area contributed by atoms with E-state index in [1.807, 2.05) is 69.3 Å². The minimum atomic E-state index is -0.288. The minimum Gasteiger partial charge on any atom is -0.380 e. The fourth-order valence-corrected chi connectivity index (χ4v) is 6.41. The minimum absolute atomic E-state index is 0.197. The molecule has 0 atom stereocenters. The Hall–Kier alpha value is -4.01. The molecular weight excluding hydrogens is 548 g/mol. The molecule has 0 fully saturated rings. The third-order valence-electron chi connectivity index (χ3n) is 7.54. The lowest BCUT2D eigenvalue weighted by molar-refractivity contribution is 0.0522. The maximum Gasteiger partial charge on any atom is 0.261 e. The van der Waals surface area contributed by atoms with Crippen LogP contribution in [0.4, 0.5) is 0 Å². The molecule has 2 aliphatic heterocycles. The summed E-state index contributed by atoms with van der Waals surface area (Å²) in [5, 5.41) is 3.27. The first kappa shape index (κ1) is 29.5. The molecule has 0 saturated heterocycles. The molecule has 0 saturated carbocycles.